The van der Waals surface area contributed by atoms with Gasteiger partial charge in [0.1, 0.15) is 44.7 Å². The van der Waals surface area contributed by atoms with Crippen molar-refractivity contribution in [1.29, 1.82) is 0 Å². The summed E-state index contributed by atoms with van der Waals surface area (Å²) in [4.78, 5) is 3.53. The summed E-state index contributed by atoms with van der Waals surface area (Å²) in [5.74, 6) is 0. The van der Waals surface area contributed by atoms with Crippen molar-refractivity contribution in [3.63, 3.8) is 0 Å². The van der Waals surface area contributed by atoms with Crippen LogP contribution in [0.1, 0.15) is 0 Å². The molecule has 9 heteroatoms. The second-order valence-electron chi connectivity index (χ2n) is 27.3. The molecular weight excluding hydrogens is 1310 g/mol. The molecule has 0 amide bonds. The predicted molar refractivity (Wildman–Crippen MR) is 437 cm³/mol. The molecule has 492 valence electrons. The fraction of sp³-hybridized carbons (Fsp3) is 0. The van der Waals surface area contributed by atoms with Crippen molar-refractivity contribution in [1.82, 2.24) is 18.7 Å². The number of furan rings is 4. The van der Waals surface area contributed by atoms with E-state index in [9.17, 15) is 0 Å². The van der Waals surface area contributed by atoms with Crippen LogP contribution in [0.3, 0.4) is 0 Å². The van der Waals surface area contributed by atoms with Crippen molar-refractivity contribution in [2.45, 2.75) is 0 Å². The summed E-state index contributed by atoms with van der Waals surface area (Å²) >= 11 is 6.09. The van der Waals surface area contributed by atoms with Crippen LogP contribution in [0.15, 0.2) is 357 Å². The average molecular weight is 1370 g/mol. The number of aromatic amines is 1. The van der Waals surface area contributed by atoms with E-state index in [4.69, 9.17) is 29.3 Å². The summed E-state index contributed by atoms with van der Waals surface area (Å²) in [7, 11) is 0. The highest BCUT2D eigenvalue weighted by Gasteiger charge is 2.21. The van der Waals surface area contributed by atoms with Gasteiger partial charge in [0.2, 0.25) is 0 Å². The smallest absolute Gasteiger partial charge is 0.136 e. The monoisotopic (exact) mass is 1360 g/mol. The molecule has 0 atom stereocenters. The quantitative estimate of drug-likeness (QED) is 0.186. The Morgan fingerprint density at radius 3 is 0.990 bits per heavy atom. The number of hydrogen-bond donors (Lipinski definition) is 1. The Hall–Kier alpha value is -13.8. The van der Waals surface area contributed by atoms with Crippen LogP contribution in [-0.2, 0) is 0 Å². The second-order valence-corrected chi connectivity index (χ2v) is 27.7. The largest absolute Gasteiger partial charge is 0.456 e. The molecule has 0 aliphatic carbocycles. The SMILES string of the molecule is Clc1ccc2oc3cc4c(cc3c2c1)oc1ccccc14.c1ccc(-n2c3ccccc3c3cc(-c4ccc5[nH]c6ccccc6c5c4)ccc32)cc1.c1ccc(-n2c3ccccc3c3cc(-c4ccc5c(c4)c4ccccc4n5-c4ccc5oc6cc7c(cc6c5c4)oc4ccccc47)ccc32)cc1. The molecule has 24 rings (SSSR count). The Morgan fingerprint density at radius 1 is 0.190 bits per heavy atom. The molecule has 105 heavy (non-hydrogen) atoms. The lowest BCUT2D eigenvalue weighted by molar-refractivity contribution is 0.664. The zero-order valence-electron chi connectivity index (χ0n) is 56.2. The van der Waals surface area contributed by atoms with Gasteiger partial charge in [0.15, 0.2) is 0 Å². The predicted octanol–water partition coefficient (Wildman–Crippen LogP) is 27.6. The standard InChI is InChI=1S/C48H28N2O2.C30H20N2.C18H9ClO2/c1-2-10-31(11-3-1)49-41-15-7-4-12-33(41)36-24-29(18-21-43(36)49)30-19-22-44-37(25-30)34-13-5-8-16-42(34)50(44)32-20-23-46-38(26-32)40-28-47-39(27-48(40)52-46)35-14-6-9-17-45(35)51-47;1-2-8-22(9-3-1)32-29-13-7-5-11-24(29)26-19-21(15-17-30(26)32)20-14-16-28-25(18-20)23-10-4-6-12-27(23)31-28;19-10-5-6-16-12(7-10)14-9-17-13(8-18(14)21-16)11-3-1-2-4-15(11)20-17/h1-28H;1-19,31H;1-9H. The van der Waals surface area contributed by atoms with Gasteiger partial charge in [0.05, 0.1) is 33.1 Å². The molecule has 8 aromatic heterocycles. The van der Waals surface area contributed by atoms with Crippen molar-refractivity contribution < 1.29 is 17.7 Å². The molecule has 0 aliphatic heterocycles. The van der Waals surface area contributed by atoms with Crippen molar-refractivity contribution in [3.05, 3.63) is 345 Å². The topological polar surface area (TPSA) is 83.1 Å². The molecule has 1 N–H and O–H groups in total. The first kappa shape index (κ1) is 59.0. The number of aromatic nitrogens is 4. The van der Waals surface area contributed by atoms with E-state index in [1.807, 2.05) is 66.7 Å². The van der Waals surface area contributed by atoms with Crippen molar-refractivity contribution in [3.8, 4) is 39.3 Å². The van der Waals surface area contributed by atoms with E-state index < -0.39 is 0 Å². The molecule has 0 unspecified atom stereocenters. The molecule has 0 fully saturated rings. The maximum Gasteiger partial charge on any atom is 0.136 e. The summed E-state index contributed by atoms with van der Waals surface area (Å²) in [6.07, 6.45) is 0. The fourth-order valence-electron chi connectivity index (χ4n) is 16.6. The number of para-hydroxylation sites is 8. The van der Waals surface area contributed by atoms with E-state index in [0.29, 0.717) is 5.02 Å². The van der Waals surface area contributed by atoms with Gasteiger partial charge in [-0.1, -0.05) is 181 Å². The zero-order valence-corrected chi connectivity index (χ0v) is 56.9. The van der Waals surface area contributed by atoms with E-state index in [0.717, 1.165) is 93.4 Å². The molecule has 0 spiro atoms. The normalized spacial score (nSPS) is 12.0. The third kappa shape index (κ3) is 9.34. The van der Waals surface area contributed by atoms with Crippen molar-refractivity contribution in [2.24, 2.45) is 0 Å². The van der Waals surface area contributed by atoms with Gasteiger partial charge >= 0.3 is 0 Å². The molecule has 0 bridgehead atoms. The number of rotatable bonds is 5. The lowest BCUT2D eigenvalue weighted by Gasteiger charge is -2.09. The van der Waals surface area contributed by atoms with E-state index >= 15 is 0 Å². The van der Waals surface area contributed by atoms with Crippen LogP contribution >= 0.6 is 11.6 Å². The summed E-state index contributed by atoms with van der Waals surface area (Å²) < 4.78 is 31.7. The van der Waals surface area contributed by atoms with Crippen LogP contribution in [0.4, 0.5) is 0 Å². The van der Waals surface area contributed by atoms with Crippen molar-refractivity contribution in [2.75, 3.05) is 0 Å². The molecule has 0 radical (unpaired) electrons. The first-order valence-corrected chi connectivity index (χ1v) is 35.7. The average Bonchev–Trinajstić information content (AvgIpc) is 1.71. The third-order valence-electron chi connectivity index (χ3n) is 21.4. The molecule has 8 nitrogen and oxygen atoms in total. The number of halogens is 1. The lowest BCUT2D eigenvalue weighted by atomic mass is 10.0. The Bertz CT molecular complexity index is 7690. The highest BCUT2D eigenvalue weighted by Crippen LogP contribution is 2.44. The second kappa shape index (κ2) is 23.1. The Labute approximate surface area is 603 Å². The first-order valence-electron chi connectivity index (χ1n) is 35.4. The van der Waals surface area contributed by atoms with E-state index in [1.54, 1.807) is 0 Å². The molecule has 16 aromatic carbocycles. The van der Waals surface area contributed by atoms with Crippen LogP contribution in [0.2, 0.25) is 5.02 Å². The van der Waals surface area contributed by atoms with E-state index in [1.165, 1.54) is 121 Å². The zero-order chi connectivity index (χ0) is 69.0. The number of fused-ring (bicyclic) bond motifs is 24. The molecule has 0 saturated heterocycles. The molecule has 0 saturated carbocycles. The van der Waals surface area contributed by atoms with Crippen LogP contribution < -0.4 is 0 Å². The maximum atomic E-state index is 6.42. The van der Waals surface area contributed by atoms with E-state index in [2.05, 4.69) is 292 Å². The molecular formula is C96H57ClN4O4. The van der Waals surface area contributed by atoms with Gasteiger partial charge in [-0.25, -0.2) is 0 Å². The van der Waals surface area contributed by atoms with Crippen molar-refractivity contribution >= 4 is 187 Å². The minimum Gasteiger partial charge on any atom is -0.456 e. The number of H-pyrrole nitrogens is 1. The van der Waals surface area contributed by atoms with Gasteiger partial charge in [-0.05, 0) is 192 Å². The van der Waals surface area contributed by atoms with Crippen LogP contribution in [0.5, 0.6) is 0 Å². The lowest BCUT2D eigenvalue weighted by Crippen LogP contribution is -1.93. The van der Waals surface area contributed by atoms with Crippen LogP contribution in [-0.4, -0.2) is 18.7 Å². The Balaban J connectivity index is 0.000000110. The van der Waals surface area contributed by atoms with Gasteiger partial charge in [0, 0.05) is 119 Å². The van der Waals surface area contributed by atoms with Crippen LogP contribution in [0.25, 0.3) is 214 Å². The van der Waals surface area contributed by atoms with Crippen LogP contribution in [0, 0.1) is 0 Å². The minimum atomic E-state index is 0.704. The number of nitrogens with one attached hydrogen (secondary N) is 1. The number of hydrogen-bond acceptors (Lipinski definition) is 4. The Morgan fingerprint density at radius 2 is 0.514 bits per heavy atom. The summed E-state index contributed by atoms with van der Waals surface area (Å²) in [5.41, 5.74) is 24.8. The number of benzene rings is 16. The fourth-order valence-corrected chi connectivity index (χ4v) is 16.7. The highest BCUT2D eigenvalue weighted by atomic mass is 35.5. The van der Waals surface area contributed by atoms with Gasteiger partial charge in [0.25, 0.3) is 0 Å². The van der Waals surface area contributed by atoms with E-state index in [-0.39, 0.29) is 0 Å². The van der Waals surface area contributed by atoms with Gasteiger partial charge in [-0.3, -0.25) is 0 Å². The van der Waals surface area contributed by atoms with Gasteiger partial charge in [-0.2, -0.15) is 0 Å². The third-order valence-corrected chi connectivity index (χ3v) is 21.6. The molecule has 8 heterocycles. The van der Waals surface area contributed by atoms with Gasteiger partial charge < -0.3 is 36.4 Å². The molecule has 24 aromatic rings. The first-order chi connectivity index (χ1) is 51.9. The summed E-state index contributed by atoms with van der Waals surface area (Å²) in [6, 6.07) is 120. The summed E-state index contributed by atoms with van der Waals surface area (Å²) in [5, 5.41) is 19.3. The maximum absolute atomic E-state index is 6.42. The summed E-state index contributed by atoms with van der Waals surface area (Å²) in [6.45, 7) is 0. The highest BCUT2D eigenvalue weighted by molar-refractivity contribution is 6.32. The number of nitrogens with zero attached hydrogens (tertiary/aromatic N) is 3. The Kier molecular flexibility index (Phi) is 13.0. The van der Waals surface area contributed by atoms with Gasteiger partial charge in [-0.15, -0.1) is 0 Å². The molecule has 0 aliphatic rings. The minimum absolute atomic E-state index is 0.704.